The van der Waals surface area contributed by atoms with E-state index in [0.29, 0.717) is 11.1 Å². The average molecular weight is 671 g/mol. The molecule has 2 aliphatic carbocycles. The molecule has 2 heterocycles. The number of ether oxygens (including phenoxy) is 2. The zero-order chi connectivity index (χ0) is 33.5. The summed E-state index contributed by atoms with van der Waals surface area (Å²) in [4.78, 5) is 64.2. The third-order valence-corrected chi connectivity index (χ3v) is 11.0. The molecule has 4 aliphatic rings. The van der Waals surface area contributed by atoms with Gasteiger partial charge in [0.1, 0.15) is 11.3 Å². The summed E-state index contributed by atoms with van der Waals surface area (Å²) in [5.41, 5.74) is 0.655. The number of amides is 4. The minimum absolute atomic E-state index is 0.00457. The highest BCUT2D eigenvalue weighted by atomic mass is 35.5. The number of allylic oxidation sites excluding steroid dienone is 3. The van der Waals surface area contributed by atoms with Crippen molar-refractivity contribution in [3.8, 4) is 23.0 Å². The molecule has 14 heteroatoms. The lowest BCUT2D eigenvalue weighted by Crippen LogP contribution is -2.60. The molecule has 0 spiro atoms. The monoisotopic (exact) mass is 670 g/mol. The lowest BCUT2D eigenvalue weighted by atomic mass is 9.57. The number of halogens is 2. The van der Waals surface area contributed by atoms with Crippen molar-refractivity contribution < 1.29 is 48.8 Å². The molecule has 0 radical (unpaired) electrons. The van der Waals surface area contributed by atoms with Crippen LogP contribution in [0, 0.1) is 23.7 Å². The third kappa shape index (κ3) is 4.16. The van der Waals surface area contributed by atoms with E-state index in [2.05, 4.69) is 0 Å². The number of carbonyl (C=O) groups is 5. The van der Waals surface area contributed by atoms with Crippen molar-refractivity contribution in [1.82, 2.24) is 4.90 Å². The summed E-state index contributed by atoms with van der Waals surface area (Å²) in [6, 6.07) is 6.47. The summed E-state index contributed by atoms with van der Waals surface area (Å²) in [5.74, 6) is -8.19. The van der Waals surface area contributed by atoms with Gasteiger partial charge in [0.15, 0.2) is 21.2 Å². The average Bonchev–Trinajstić information content (AvgIpc) is 3.35. The summed E-state index contributed by atoms with van der Waals surface area (Å²) in [5, 5.41) is 29.9. The van der Waals surface area contributed by atoms with Crippen LogP contribution < -0.4 is 14.4 Å². The highest BCUT2D eigenvalue weighted by molar-refractivity contribution is 6.53. The molecule has 4 amide bonds. The first-order valence-electron chi connectivity index (χ1n) is 14.2. The van der Waals surface area contributed by atoms with Gasteiger partial charge in [-0.25, -0.2) is 9.69 Å². The summed E-state index contributed by atoms with van der Waals surface area (Å²) >= 11 is 14.3. The molecule has 6 rings (SSSR count). The van der Waals surface area contributed by atoms with Gasteiger partial charge in [0, 0.05) is 19.0 Å². The van der Waals surface area contributed by atoms with Gasteiger partial charge in [-0.1, -0.05) is 23.8 Å². The van der Waals surface area contributed by atoms with Gasteiger partial charge in [-0.2, -0.15) is 0 Å². The number of nitrogens with zero attached hydrogens (tertiary/aromatic N) is 2. The maximum Gasteiger partial charge on any atom is 0.339 e. The molecule has 2 aromatic carbocycles. The van der Waals surface area contributed by atoms with Crippen LogP contribution in [0.4, 0.5) is 5.69 Å². The minimum Gasteiger partial charge on any atom is -0.507 e. The van der Waals surface area contributed by atoms with E-state index in [-0.39, 0.29) is 35.8 Å². The van der Waals surface area contributed by atoms with Crippen LogP contribution in [0.1, 0.15) is 28.8 Å². The van der Waals surface area contributed by atoms with Crippen molar-refractivity contribution in [2.45, 2.75) is 22.6 Å². The molecule has 1 saturated carbocycles. The van der Waals surface area contributed by atoms with Gasteiger partial charge in [0.05, 0.1) is 31.7 Å². The normalized spacial score (nSPS) is 30.3. The van der Waals surface area contributed by atoms with E-state index >= 15 is 0 Å². The fourth-order valence-electron chi connectivity index (χ4n) is 7.30. The predicted molar refractivity (Wildman–Crippen MR) is 164 cm³/mol. The largest absolute Gasteiger partial charge is 0.507 e. The molecule has 6 unspecified atom stereocenters. The second-order valence-corrected chi connectivity index (χ2v) is 12.9. The fourth-order valence-corrected chi connectivity index (χ4v) is 8.28. The van der Waals surface area contributed by atoms with Crippen molar-refractivity contribution in [1.29, 1.82) is 0 Å². The number of carboxylic acids is 1. The van der Waals surface area contributed by atoms with E-state index in [1.54, 1.807) is 18.2 Å². The number of imide groups is 2. The number of phenols is 2. The van der Waals surface area contributed by atoms with Gasteiger partial charge in [0.2, 0.25) is 17.6 Å². The van der Waals surface area contributed by atoms with Crippen LogP contribution in [0.5, 0.6) is 23.0 Å². The first-order chi connectivity index (χ1) is 21.7. The van der Waals surface area contributed by atoms with Gasteiger partial charge in [0.25, 0.3) is 11.8 Å². The van der Waals surface area contributed by atoms with E-state index in [1.807, 2.05) is 0 Å². The first kappa shape index (κ1) is 31.4. The molecule has 6 atom stereocenters. The second-order valence-electron chi connectivity index (χ2n) is 11.7. The lowest BCUT2D eigenvalue weighted by Gasteiger charge is -2.49. The summed E-state index contributed by atoms with van der Waals surface area (Å²) in [6.45, 7) is 0. The Bertz CT molecular complexity index is 1780. The van der Waals surface area contributed by atoms with Crippen LogP contribution in [-0.4, -0.2) is 80.8 Å². The van der Waals surface area contributed by atoms with Crippen LogP contribution in [0.2, 0.25) is 0 Å². The lowest BCUT2D eigenvalue weighted by molar-refractivity contribution is -0.138. The fraction of sp³-hybridized carbons (Fsp3) is 0.344. The van der Waals surface area contributed by atoms with Gasteiger partial charge < -0.3 is 24.8 Å². The molecule has 0 bridgehead atoms. The molecule has 240 valence electrons. The highest BCUT2D eigenvalue weighted by Gasteiger charge is 2.75. The second kappa shape index (κ2) is 10.8. The molecule has 3 fully saturated rings. The molecule has 2 saturated heterocycles. The van der Waals surface area contributed by atoms with Crippen molar-refractivity contribution >= 4 is 64.6 Å². The maximum absolute atomic E-state index is 14.1. The van der Waals surface area contributed by atoms with Gasteiger partial charge in [-0.05, 0) is 48.6 Å². The molecule has 0 aromatic heterocycles. The number of carboxylic acid groups (broad SMARTS) is 1. The number of benzene rings is 2. The minimum atomic E-state index is -1.97. The topological polar surface area (TPSA) is 171 Å². The molecule has 2 aromatic rings. The Hall–Kier alpha value is -4.55. The van der Waals surface area contributed by atoms with Crippen molar-refractivity contribution in [3.05, 3.63) is 59.2 Å². The van der Waals surface area contributed by atoms with E-state index in [9.17, 15) is 39.3 Å². The number of likely N-dealkylation sites (tertiary alicyclic amines) is 1. The van der Waals surface area contributed by atoms with E-state index < -0.39 is 74.3 Å². The molecular weight excluding hydrogens is 643 g/mol. The van der Waals surface area contributed by atoms with Crippen molar-refractivity contribution in [2.24, 2.45) is 23.7 Å². The Morgan fingerprint density at radius 2 is 1.63 bits per heavy atom. The Morgan fingerprint density at radius 3 is 2.22 bits per heavy atom. The molecule has 3 N–H and O–H groups in total. The van der Waals surface area contributed by atoms with E-state index in [1.165, 1.54) is 39.5 Å². The van der Waals surface area contributed by atoms with Gasteiger partial charge in [-0.15, -0.1) is 23.2 Å². The van der Waals surface area contributed by atoms with Crippen LogP contribution in [0.25, 0.3) is 6.08 Å². The van der Waals surface area contributed by atoms with Gasteiger partial charge in [-0.3, -0.25) is 24.1 Å². The molecule has 46 heavy (non-hydrogen) atoms. The zero-order valence-corrected chi connectivity index (χ0v) is 26.2. The predicted octanol–water partition coefficient (Wildman–Crippen LogP) is 3.55. The van der Waals surface area contributed by atoms with Crippen LogP contribution >= 0.6 is 23.2 Å². The van der Waals surface area contributed by atoms with Gasteiger partial charge >= 0.3 is 5.97 Å². The van der Waals surface area contributed by atoms with E-state index in [4.69, 9.17) is 32.7 Å². The molecular formula is C32H28Cl2N2O10. The number of aromatic carboxylic acids is 1. The maximum atomic E-state index is 14.1. The molecule has 12 nitrogen and oxygen atoms in total. The van der Waals surface area contributed by atoms with Crippen molar-refractivity contribution in [3.63, 3.8) is 0 Å². The SMILES string of the molecule is COc1cc(C=CC2C3=CCC4C(=O)N(c5ccc(C(=O)O)c(O)c5)C(=O)C4C3CC3(Cl)C(=O)N(C)C(=O)C23Cl)cc(OC)c1O. The summed E-state index contributed by atoms with van der Waals surface area (Å²) < 4.78 is 10.5. The standard InChI is InChI=1S/C32H28Cl2N2O10/c1-35-29(43)31(33)13-19-16(20(32(31,34)30(35)44)9-4-14-10-22(45-2)25(38)23(11-14)46-3)7-8-18-24(19)27(40)36(26(18)39)15-5-6-17(28(41)42)21(37)12-15/h4-7,9-12,18-20,24,37-38H,8,13H2,1-3H3,(H,41,42). The smallest absolute Gasteiger partial charge is 0.339 e. The Morgan fingerprint density at radius 1 is 0.978 bits per heavy atom. The Balaban J connectivity index is 1.45. The van der Waals surface area contributed by atoms with Crippen LogP contribution in [0.3, 0.4) is 0 Å². The third-order valence-electron chi connectivity index (χ3n) is 9.52. The van der Waals surface area contributed by atoms with E-state index in [0.717, 1.165) is 21.9 Å². The van der Waals surface area contributed by atoms with Crippen molar-refractivity contribution in [2.75, 3.05) is 26.2 Å². The summed E-state index contributed by atoms with van der Waals surface area (Å²) in [7, 11) is 4.03. The van der Waals surface area contributed by atoms with Crippen LogP contribution in [-0.2, 0) is 19.2 Å². The quantitative estimate of drug-likeness (QED) is 0.234. The zero-order valence-electron chi connectivity index (χ0n) is 24.7. The Labute approximate surface area is 272 Å². The number of fused-ring (bicyclic) bond motifs is 4. The summed E-state index contributed by atoms with van der Waals surface area (Å²) in [6.07, 6.45) is 4.89. The number of hydrogen-bond acceptors (Lipinski definition) is 9. The first-order valence-corrected chi connectivity index (χ1v) is 14.9. The molecule has 2 aliphatic heterocycles. The Kier molecular flexibility index (Phi) is 7.36. The number of methoxy groups -OCH3 is 2. The number of carbonyl (C=O) groups excluding carboxylic acids is 4. The number of rotatable bonds is 6. The number of anilines is 1. The number of phenolic OH excluding ortho intramolecular Hbond substituents is 1. The number of alkyl halides is 2. The highest BCUT2D eigenvalue weighted by Crippen LogP contribution is 2.63. The number of aromatic hydroxyl groups is 2. The number of hydrogen-bond donors (Lipinski definition) is 3. The van der Waals surface area contributed by atoms with Crippen LogP contribution in [0.15, 0.2) is 48.1 Å².